The van der Waals surface area contributed by atoms with Crippen LogP contribution in [0.3, 0.4) is 0 Å². The number of sulfonamides is 1. The van der Waals surface area contributed by atoms with E-state index in [-0.39, 0.29) is 5.75 Å². The van der Waals surface area contributed by atoms with Gasteiger partial charge >= 0.3 is 5.97 Å². The Labute approximate surface area is 169 Å². The Balaban J connectivity index is 1.84. The van der Waals surface area contributed by atoms with Crippen LogP contribution in [0.5, 0.6) is 0 Å². The zero-order valence-electron chi connectivity index (χ0n) is 16.0. The maximum absolute atomic E-state index is 12.8. The van der Waals surface area contributed by atoms with Crippen LogP contribution in [-0.2, 0) is 25.3 Å². The molecule has 0 aliphatic heterocycles. The zero-order chi connectivity index (χ0) is 20.4. The van der Waals surface area contributed by atoms with E-state index in [9.17, 15) is 13.2 Å². The Morgan fingerprint density at radius 1 is 1.11 bits per heavy atom. The van der Waals surface area contributed by atoms with Crippen molar-refractivity contribution in [3.8, 4) is 0 Å². The van der Waals surface area contributed by atoms with E-state index in [1.54, 1.807) is 68.5 Å². The first-order valence-electron chi connectivity index (χ1n) is 8.87. The predicted octanol–water partition coefficient (Wildman–Crippen LogP) is 4.40. The highest BCUT2D eigenvalue weighted by Gasteiger charge is 2.30. The molecule has 0 saturated carbocycles. The number of fused-ring (bicyclic) bond motifs is 1. The Bertz CT molecular complexity index is 1070. The van der Waals surface area contributed by atoms with Crippen molar-refractivity contribution in [1.82, 2.24) is 4.72 Å². The van der Waals surface area contributed by atoms with Gasteiger partial charge in [0.1, 0.15) is 11.6 Å². The molecule has 0 fully saturated rings. The molecule has 5 nitrogen and oxygen atoms in total. The van der Waals surface area contributed by atoms with Crippen LogP contribution in [0.15, 0.2) is 60.0 Å². The summed E-state index contributed by atoms with van der Waals surface area (Å²) in [4.78, 5) is 12.7. The standard InChI is InChI=1S/C21H23NO4S2/c1-21(2,3)26-20(23)19(16-7-5-4-6-8-16)22-28(24,25)14-15-9-10-18-17(13-15)11-12-27-18/h4-13,19,22H,14H2,1-3H3/t19-/m0/s1. The lowest BCUT2D eigenvalue weighted by molar-refractivity contribution is -0.157. The molecule has 1 atom stereocenters. The number of nitrogens with one attached hydrogen (secondary N) is 1. The lowest BCUT2D eigenvalue weighted by atomic mass is 10.1. The van der Waals surface area contributed by atoms with Gasteiger partial charge in [-0.15, -0.1) is 11.3 Å². The van der Waals surface area contributed by atoms with Gasteiger partial charge in [-0.3, -0.25) is 0 Å². The number of rotatable bonds is 6. The van der Waals surface area contributed by atoms with Crippen LogP contribution >= 0.6 is 11.3 Å². The molecular formula is C21H23NO4S2. The van der Waals surface area contributed by atoms with Crippen LogP contribution in [-0.4, -0.2) is 20.0 Å². The Morgan fingerprint density at radius 3 is 2.50 bits per heavy atom. The summed E-state index contributed by atoms with van der Waals surface area (Å²) in [5.74, 6) is -0.846. The Kier molecular flexibility index (Phi) is 5.88. The molecule has 148 valence electrons. The molecule has 0 radical (unpaired) electrons. The molecule has 7 heteroatoms. The van der Waals surface area contributed by atoms with Gasteiger partial charge in [0.05, 0.1) is 5.75 Å². The van der Waals surface area contributed by atoms with Gasteiger partial charge in [-0.05, 0) is 60.9 Å². The summed E-state index contributed by atoms with van der Waals surface area (Å²) in [6, 6.07) is 15.1. The smallest absolute Gasteiger partial charge is 0.329 e. The van der Waals surface area contributed by atoms with Crippen molar-refractivity contribution in [2.45, 2.75) is 38.2 Å². The third-order valence-electron chi connectivity index (χ3n) is 3.95. The fourth-order valence-electron chi connectivity index (χ4n) is 2.80. The molecule has 0 bridgehead atoms. The van der Waals surface area contributed by atoms with E-state index in [0.29, 0.717) is 11.1 Å². The van der Waals surface area contributed by atoms with Gasteiger partial charge in [-0.2, -0.15) is 4.72 Å². The molecule has 28 heavy (non-hydrogen) atoms. The van der Waals surface area contributed by atoms with Crippen molar-refractivity contribution >= 4 is 37.4 Å². The summed E-state index contributed by atoms with van der Waals surface area (Å²) < 4.78 is 34.7. The Hall–Kier alpha value is -2.22. The van der Waals surface area contributed by atoms with Gasteiger partial charge in [0.15, 0.2) is 0 Å². The molecule has 0 aliphatic rings. The monoisotopic (exact) mass is 417 g/mol. The maximum Gasteiger partial charge on any atom is 0.329 e. The highest BCUT2D eigenvalue weighted by atomic mass is 32.2. The number of carbonyl (C=O) groups excluding carboxylic acids is 1. The summed E-state index contributed by atoms with van der Waals surface area (Å²) >= 11 is 1.60. The fourth-order valence-corrected chi connectivity index (χ4v) is 4.87. The summed E-state index contributed by atoms with van der Waals surface area (Å²) in [6.45, 7) is 5.24. The van der Waals surface area contributed by atoms with E-state index in [1.165, 1.54) is 0 Å². The average molecular weight is 418 g/mol. The number of hydrogen-bond donors (Lipinski definition) is 1. The van der Waals surface area contributed by atoms with E-state index < -0.39 is 27.6 Å². The van der Waals surface area contributed by atoms with Gasteiger partial charge < -0.3 is 4.74 Å². The minimum atomic E-state index is -3.78. The third-order valence-corrected chi connectivity index (χ3v) is 6.15. The lowest BCUT2D eigenvalue weighted by Gasteiger charge is -2.24. The lowest BCUT2D eigenvalue weighted by Crippen LogP contribution is -2.38. The van der Waals surface area contributed by atoms with E-state index in [1.807, 2.05) is 23.6 Å². The molecule has 0 saturated heterocycles. The van der Waals surface area contributed by atoms with Gasteiger partial charge in [0, 0.05) is 4.70 Å². The summed E-state index contributed by atoms with van der Waals surface area (Å²) in [7, 11) is -3.78. The first-order valence-corrected chi connectivity index (χ1v) is 11.4. The van der Waals surface area contributed by atoms with Gasteiger partial charge in [-0.1, -0.05) is 36.4 Å². The summed E-state index contributed by atoms with van der Waals surface area (Å²) in [6.07, 6.45) is 0. The highest BCUT2D eigenvalue weighted by Crippen LogP contribution is 2.24. The maximum atomic E-state index is 12.8. The molecule has 0 aliphatic carbocycles. The molecule has 0 spiro atoms. The topological polar surface area (TPSA) is 72.5 Å². The van der Waals surface area contributed by atoms with Gasteiger partial charge in [-0.25, -0.2) is 13.2 Å². The number of benzene rings is 2. The van der Waals surface area contributed by atoms with E-state index in [0.717, 1.165) is 10.1 Å². The summed E-state index contributed by atoms with van der Waals surface area (Å²) in [5, 5.41) is 2.97. The molecule has 3 aromatic rings. The molecule has 1 aromatic heterocycles. The second-order valence-corrected chi connectivity index (χ2v) is 10.2. The quantitative estimate of drug-likeness (QED) is 0.603. The third kappa shape index (κ3) is 5.41. The number of carbonyl (C=O) groups is 1. The first kappa shape index (κ1) is 20.5. The van der Waals surface area contributed by atoms with Crippen molar-refractivity contribution in [2.24, 2.45) is 0 Å². The summed E-state index contributed by atoms with van der Waals surface area (Å²) in [5.41, 5.74) is 0.475. The highest BCUT2D eigenvalue weighted by molar-refractivity contribution is 7.88. The molecule has 3 rings (SSSR count). The van der Waals surface area contributed by atoms with Crippen LogP contribution in [0, 0.1) is 0 Å². The average Bonchev–Trinajstić information content (AvgIpc) is 3.06. The number of ether oxygens (including phenoxy) is 1. The number of hydrogen-bond acceptors (Lipinski definition) is 5. The normalized spacial score (nSPS) is 13.4. The van der Waals surface area contributed by atoms with Crippen LogP contribution in [0.2, 0.25) is 0 Å². The van der Waals surface area contributed by atoms with Crippen LogP contribution < -0.4 is 4.72 Å². The number of esters is 1. The second-order valence-electron chi connectivity index (χ2n) is 7.55. The van der Waals surface area contributed by atoms with E-state index in [2.05, 4.69) is 4.72 Å². The first-order chi connectivity index (χ1) is 13.1. The zero-order valence-corrected chi connectivity index (χ0v) is 17.6. The molecule has 0 amide bonds. The van der Waals surface area contributed by atoms with Crippen molar-refractivity contribution in [3.05, 3.63) is 71.1 Å². The van der Waals surface area contributed by atoms with E-state index in [4.69, 9.17) is 4.74 Å². The SMILES string of the molecule is CC(C)(C)OC(=O)[C@@H](NS(=O)(=O)Cc1ccc2sccc2c1)c1ccccc1. The predicted molar refractivity (Wildman–Crippen MR) is 113 cm³/mol. The molecule has 1 N–H and O–H groups in total. The second kappa shape index (κ2) is 8.03. The van der Waals surface area contributed by atoms with Gasteiger partial charge in [0.25, 0.3) is 0 Å². The van der Waals surface area contributed by atoms with Crippen molar-refractivity contribution in [1.29, 1.82) is 0 Å². The van der Waals surface area contributed by atoms with Gasteiger partial charge in [0.2, 0.25) is 10.0 Å². The molecule has 0 unspecified atom stereocenters. The van der Waals surface area contributed by atoms with Crippen molar-refractivity contribution in [3.63, 3.8) is 0 Å². The largest absolute Gasteiger partial charge is 0.459 e. The van der Waals surface area contributed by atoms with Crippen LogP contribution in [0.25, 0.3) is 10.1 Å². The van der Waals surface area contributed by atoms with Crippen LogP contribution in [0.1, 0.15) is 37.9 Å². The van der Waals surface area contributed by atoms with Crippen LogP contribution in [0.4, 0.5) is 0 Å². The Morgan fingerprint density at radius 2 is 1.82 bits per heavy atom. The fraction of sp³-hybridized carbons (Fsp3) is 0.286. The molecule has 2 aromatic carbocycles. The minimum absolute atomic E-state index is 0.217. The number of thiophene rings is 1. The van der Waals surface area contributed by atoms with Crippen molar-refractivity contribution in [2.75, 3.05) is 0 Å². The molecule has 1 heterocycles. The molecular weight excluding hydrogens is 394 g/mol. The van der Waals surface area contributed by atoms with E-state index >= 15 is 0 Å². The minimum Gasteiger partial charge on any atom is -0.459 e. The van der Waals surface area contributed by atoms with Crippen molar-refractivity contribution < 1.29 is 17.9 Å².